The van der Waals surface area contributed by atoms with Crippen molar-refractivity contribution in [3.8, 4) is 11.5 Å². The third-order valence-corrected chi connectivity index (χ3v) is 6.46. The van der Waals surface area contributed by atoms with Crippen LogP contribution in [0, 0.1) is 0 Å². The topological polar surface area (TPSA) is 114 Å². The number of piperidine rings is 1. The Balaban J connectivity index is 1.96. The summed E-state index contributed by atoms with van der Waals surface area (Å²) in [5.41, 5.74) is 0.445. The molecule has 0 radical (unpaired) electrons. The van der Waals surface area contributed by atoms with E-state index in [0.717, 1.165) is 0 Å². The number of nitrogens with zero attached hydrogens (tertiary/aromatic N) is 1. The number of sulfonamides is 1. The van der Waals surface area contributed by atoms with Crippen molar-refractivity contribution in [3.63, 3.8) is 0 Å². The van der Waals surface area contributed by atoms with Gasteiger partial charge >= 0.3 is 0 Å². The number of hydrogen-bond acceptors (Lipinski definition) is 6. The van der Waals surface area contributed by atoms with Crippen molar-refractivity contribution in [1.82, 2.24) is 14.9 Å². The van der Waals surface area contributed by atoms with E-state index in [1.165, 1.54) is 7.11 Å². The highest BCUT2D eigenvalue weighted by atomic mass is 32.2. The van der Waals surface area contributed by atoms with Crippen LogP contribution in [0.1, 0.15) is 50.4 Å². The number of amides is 2. The molecule has 2 N–H and O–H groups in total. The summed E-state index contributed by atoms with van der Waals surface area (Å²) >= 11 is 0. The monoisotopic (exact) mass is 455 g/mol. The van der Waals surface area contributed by atoms with E-state index in [-0.39, 0.29) is 36.3 Å². The molecule has 10 heteroatoms. The molecule has 0 atom stereocenters. The van der Waals surface area contributed by atoms with Crippen LogP contribution in [0.4, 0.5) is 0 Å². The smallest absolute Gasteiger partial charge is 0.258 e. The second-order valence-corrected chi connectivity index (χ2v) is 9.75. The zero-order chi connectivity index (χ0) is 23.0. The van der Waals surface area contributed by atoms with Gasteiger partial charge in [0.1, 0.15) is 0 Å². The predicted molar refractivity (Wildman–Crippen MR) is 118 cm³/mol. The van der Waals surface area contributed by atoms with Crippen molar-refractivity contribution in [2.45, 2.75) is 52.1 Å². The van der Waals surface area contributed by atoms with Gasteiger partial charge in [-0.3, -0.25) is 9.59 Å². The molecule has 0 spiro atoms. The molecule has 0 bridgehead atoms. The van der Waals surface area contributed by atoms with E-state index in [0.29, 0.717) is 49.4 Å². The third kappa shape index (κ3) is 7.70. The fourth-order valence-electron chi connectivity index (χ4n) is 3.39. The van der Waals surface area contributed by atoms with Gasteiger partial charge in [-0.15, -0.1) is 0 Å². The summed E-state index contributed by atoms with van der Waals surface area (Å²) in [5, 5.41) is 2.74. The molecule has 2 amide bonds. The second-order valence-electron chi connectivity index (χ2n) is 7.88. The lowest BCUT2D eigenvalue weighted by atomic mass is 10.0. The van der Waals surface area contributed by atoms with Crippen LogP contribution in [-0.4, -0.2) is 69.8 Å². The van der Waals surface area contributed by atoms with Crippen molar-refractivity contribution in [2.24, 2.45) is 0 Å². The van der Waals surface area contributed by atoms with Crippen LogP contribution in [0.5, 0.6) is 11.5 Å². The molecule has 0 saturated carbocycles. The van der Waals surface area contributed by atoms with Gasteiger partial charge in [-0.25, -0.2) is 13.1 Å². The first-order valence-electron chi connectivity index (χ1n) is 10.5. The van der Waals surface area contributed by atoms with Crippen LogP contribution in [0.2, 0.25) is 0 Å². The van der Waals surface area contributed by atoms with Gasteiger partial charge in [0.15, 0.2) is 18.1 Å². The summed E-state index contributed by atoms with van der Waals surface area (Å²) in [5.74, 6) is 0.457. The third-order valence-electron chi connectivity index (χ3n) is 4.82. The number of carbonyl (C=O) groups excluding carboxylic acids is 2. The molecule has 0 aliphatic carbocycles. The molecule has 0 aromatic heterocycles. The largest absolute Gasteiger partial charge is 0.493 e. The minimum absolute atomic E-state index is 0.0177. The van der Waals surface area contributed by atoms with Gasteiger partial charge in [0, 0.05) is 30.7 Å². The van der Waals surface area contributed by atoms with Crippen LogP contribution >= 0.6 is 0 Å². The molecule has 31 heavy (non-hydrogen) atoms. The van der Waals surface area contributed by atoms with Crippen molar-refractivity contribution < 1.29 is 27.5 Å². The number of ether oxygens (including phenoxy) is 2. The summed E-state index contributed by atoms with van der Waals surface area (Å²) < 4.78 is 37.5. The maximum absolute atomic E-state index is 12.9. The second kappa shape index (κ2) is 11.3. The maximum atomic E-state index is 12.9. The number of hydrogen-bond donors (Lipinski definition) is 2. The first-order valence-corrected chi connectivity index (χ1v) is 12.2. The van der Waals surface area contributed by atoms with E-state index in [2.05, 4.69) is 10.0 Å². The number of rotatable bonds is 10. The van der Waals surface area contributed by atoms with Gasteiger partial charge in [-0.2, -0.15) is 0 Å². The van der Waals surface area contributed by atoms with Crippen LogP contribution in [0.3, 0.4) is 0 Å². The lowest BCUT2D eigenvalue weighted by Crippen LogP contribution is -2.47. The van der Waals surface area contributed by atoms with Gasteiger partial charge < -0.3 is 19.7 Å². The Kier molecular flexibility index (Phi) is 9.12. The van der Waals surface area contributed by atoms with Gasteiger partial charge in [-0.1, -0.05) is 6.92 Å². The summed E-state index contributed by atoms with van der Waals surface area (Å²) in [4.78, 5) is 26.4. The molecule has 1 aliphatic rings. The molecule has 2 rings (SSSR count). The zero-order valence-corrected chi connectivity index (χ0v) is 19.5. The fraction of sp³-hybridized carbons (Fsp3) is 0.619. The standard InChI is InChI=1S/C21H33N3O6S/c1-5-12-31(27,28)23-17-8-10-24(11-9-17)21(26)16-6-7-18(19(13-16)29-4)30-14-20(25)22-15(2)3/h6-7,13,15,17,23H,5,8-12,14H2,1-4H3,(H,22,25). The van der Waals surface area contributed by atoms with Crippen molar-refractivity contribution in [2.75, 3.05) is 32.6 Å². The first-order chi connectivity index (χ1) is 14.6. The minimum Gasteiger partial charge on any atom is -0.493 e. The van der Waals surface area contributed by atoms with Crippen LogP contribution < -0.4 is 19.5 Å². The lowest BCUT2D eigenvalue weighted by Gasteiger charge is -2.32. The maximum Gasteiger partial charge on any atom is 0.258 e. The number of benzene rings is 1. The van der Waals surface area contributed by atoms with E-state index >= 15 is 0 Å². The number of methoxy groups -OCH3 is 1. The predicted octanol–water partition coefficient (Wildman–Crippen LogP) is 1.53. The molecule has 1 aromatic rings. The number of carbonyl (C=O) groups is 2. The molecule has 1 fully saturated rings. The molecule has 1 aliphatic heterocycles. The molecular formula is C21H33N3O6S. The van der Waals surface area contributed by atoms with E-state index in [4.69, 9.17) is 9.47 Å². The zero-order valence-electron chi connectivity index (χ0n) is 18.6. The average molecular weight is 456 g/mol. The van der Waals surface area contributed by atoms with Crippen LogP contribution in [-0.2, 0) is 14.8 Å². The van der Waals surface area contributed by atoms with E-state index in [1.807, 2.05) is 20.8 Å². The van der Waals surface area contributed by atoms with Gasteiger partial charge in [0.05, 0.1) is 12.9 Å². The highest BCUT2D eigenvalue weighted by Crippen LogP contribution is 2.29. The van der Waals surface area contributed by atoms with Crippen molar-refractivity contribution in [1.29, 1.82) is 0 Å². The van der Waals surface area contributed by atoms with Gasteiger partial charge in [0.25, 0.3) is 11.8 Å². The molecule has 1 aromatic carbocycles. The Morgan fingerprint density at radius 1 is 1.19 bits per heavy atom. The lowest BCUT2D eigenvalue weighted by molar-refractivity contribution is -0.123. The van der Waals surface area contributed by atoms with Crippen LogP contribution in [0.15, 0.2) is 18.2 Å². The Morgan fingerprint density at radius 3 is 2.45 bits per heavy atom. The van der Waals surface area contributed by atoms with Gasteiger partial charge in [0.2, 0.25) is 10.0 Å². The van der Waals surface area contributed by atoms with E-state index < -0.39 is 10.0 Å². The summed E-state index contributed by atoms with van der Waals surface area (Å²) in [6.45, 7) is 6.33. The average Bonchev–Trinajstić information content (AvgIpc) is 2.71. The normalized spacial score (nSPS) is 15.1. The van der Waals surface area contributed by atoms with E-state index in [9.17, 15) is 18.0 Å². The number of likely N-dealkylation sites (tertiary alicyclic amines) is 1. The van der Waals surface area contributed by atoms with Crippen molar-refractivity contribution in [3.05, 3.63) is 23.8 Å². The quantitative estimate of drug-likeness (QED) is 0.553. The summed E-state index contributed by atoms with van der Waals surface area (Å²) in [6.07, 6.45) is 1.70. The fourth-order valence-corrected chi connectivity index (χ4v) is 4.79. The molecular weight excluding hydrogens is 422 g/mol. The Labute approximate surface area is 184 Å². The number of nitrogens with one attached hydrogen (secondary N) is 2. The first kappa shape index (κ1) is 24.9. The SMILES string of the molecule is CCCS(=O)(=O)NC1CCN(C(=O)c2ccc(OCC(=O)NC(C)C)c(OC)c2)CC1. The van der Waals surface area contributed by atoms with Crippen LogP contribution in [0.25, 0.3) is 0 Å². The molecule has 9 nitrogen and oxygen atoms in total. The van der Waals surface area contributed by atoms with Crippen molar-refractivity contribution >= 4 is 21.8 Å². The summed E-state index contributed by atoms with van der Waals surface area (Å²) in [6, 6.07) is 4.71. The minimum atomic E-state index is -3.27. The molecule has 1 saturated heterocycles. The molecule has 174 valence electrons. The Bertz CT molecular complexity index is 864. The highest BCUT2D eigenvalue weighted by Gasteiger charge is 2.26. The Hall–Kier alpha value is -2.33. The molecule has 1 heterocycles. The van der Waals surface area contributed by atoms with E-state index in [1.54, 1.807) is 23.1 Å². The molecule has 0 unspecified atom stereocenters. The Morgan fingerprint density at radius 2 is 1.87 bits per heavy atom. The van der Waals surface area contributed by atoms with Gasteiger partial charge in [-0.05, 0) is 51.3 Å². The summed E-state index contributed by atoms with van der Waals surface area (Å²) in [7, 11) is -1.80. The highest BCUT2D eigenvalue weighted by molar-refractivity contribution is 7.89.